The zero-order valence-corrected chi connectivity index (χ0v) is 11.3. The molecule has 0 fully saturated rings. The molecule has 3 rings (SSSR count). The molecule has 0 aliphatic carbocycles. The number of aryl methyl sites for hydroxylation is 1. The Labute approximate surface area is 112 Å². The lowest BCUT2D eigenvalue weighted by molar-refractivity contribution is 0.227. The molecule has 0 amide bonds. The third-order valence-corrected chi connectivity index (χ3v) is 3.97. The van der Waals surface area contributed by atoms with Crippen molar-refractivity contribution in [3.05, 3.63) is 51.7 Å². The number of ether oxygens (including phenoxy) is 1. The minimum absolute atomic E-state index is 0.278. The summed E-state index contributed by atoms with van der Waals surface area (Å²) in [6, 6.07) is 8.59. The van der Waals surface area contributed by atoms with Crippen molar-refractivity contribution >= 4 is 11.3 Å². The second kappa shape index (κ2) is 5.12. The first-order chi connectivity index (χ1) is 8.81. The lowest BCUT2D eigenvalue weighted by atomic mass is 10.1. The first-order valence-corrected chi connectivity index (χ1v) is 7.23. The monoisotopic (exact) mass is 259 g/mol. The molecule has 1 N–H and O–H groups in total. The van der Waals surface area contributed by atoms with Crippen molar-refractivity contribution in [3.8, 4) is 5.75 Å². The first-order valence-electron chi connectivity index (χ1n) is 6.29. The summed E-state index contributed by atoms with van der Waals surface area (Å²) in [6.45, 7) is 3.96. The van der Waals surface area contributed by atoms with Gasteiger partial charge in [-0.1, -0.05) is 17.7 Å². The van der Waals surface area contributed by atoms with Crippen molar-refractivity contribution in [2.24, 2.45) is 0 Å². The molecule has 94 valence electrons. The van der Waals surface area contributed by atoms with Crippen LogP contribution < -0.4 is 10.1 Å². The highest BCUT2D eigenvalue weighted by atomic mass is 32.1. The van der Waals surface area contributed by atoms with E-state index in [2.05, 4.69) is 47.3 Å². The van der Waals surface area contributed by atoms with Crippen molar-refractivity contribution in [3.63, 3.8) is 0 Å². The molecule has 1 unspecified atom stereocenters. The molecule has 1 aliphatic heterocycles. The van der Waals surface area contributed by atoms with E-state index in [1.165, 1.54) is 16.7 Å². The summed E-state index contributed by atoms with van der Waals surface area (Å²) in [5, 5.41) is 7.75. The molecule has 1 atom stereocenters. The molecule has 2 nitrogen and oxygen atoms in total. The van der Waals surface area contributed by atoms with Gasteiger partial charge in [-0.15, -0.1) is 0 Å². The smallest absolute Gasteiger partial charge is 0.123 e. The third kappa shape index (κ3) is 2.57. The van der Waals surface area contributed by atoms with E-state index in [0.717, 1.165) is 25.3 Å². The maximum absolute atomic E-state index is 5.92. The second-order valence-corrected chi connectivity index (χ2v) is 5.60. The molecule has 18 heavy (non-hydrogen) atoms. The molecular formula is C15H17NOS. The maximum atomic E-state index is 5.92. The molecule has 2 aromatic rings. The summed E-state index contributed by atoms with van der Waals surface area (Å²) in [4.78, 5) is 0. The number of fused-ring (bicyclic) bond motifs is 1. The van der Waals surface area contributed by atoms with Gasteiger partial charge >= 0.3 is 0 Å². The van der Waals surface area contributed by atoms with Crippen molar-refractivity contribution in [2.45, 2.75) is 26.0 Å². The number of nitrogens with one attached hydrogen (secondary N) is 1. The van der Waals surface area contributed by atoms with Crippen LogP contribution in [0.4, 0.5) is 0 Å². The fraction of sp³-hybridized carbons (Fsp3) is 0.333. The lowest BCUT2D eigenvalue weighted by Crippen LogP contribution is -2.29. The number of hydrogen-bond donors (Lipinski definition) is 1. The molecule has 1 aliphatic rings. The van der Waals surface area contributed by atoms with Crippen LogP contribution in [0.3, 0.4) is 0 Å². The molecule has 1 aromatic carbocycles. The van der Waals surface area contributed by atoms with E-state index in [1.807, 2.05) is 0 Å². The Bertz CT molecular complexity index is 521. The van der Waals surface area contributed by atoms with Crippen molar-refractivity contribution in [1.29, 1.82) is 0 Å². The van der Waals surface area contributed by atoms with Crippen LogP contribution in [0.1, 0.15) is 16.7 Å². The van der Waals surface area contributed by atoms with Gasteiger partial charge in [0, 0.05) is 19.5 Å². The molecule has 0 bridgehead atoms. The van der Waals surface area contributed by atoms with Gasteiger partial charge in [-0.05, 0) is 40.9 Å². The van der Waals surface area contributed by atoms with Gasteiger partial charge in [0.05, 0.1) is 0 Å². The fourth-order valence-electron chi connectivity index (χ4n) is 2.33. The number of rotatable bonds is 4. The Kier molecular flexibility index (Phi) is 3.35. The number of benzene rings is 1. The van der Waals surface area contributed by atoms with E-state index in [4.69, 9.17) is 4.74 Å². The van der Waals surface area contributed by atoms with E-state index in [1.54, 1.807) is 11.3 Å². The Balaban J connectivity index is 1.52. The predicted octanol–water partition coefficient (Wildman–Crippen LogP) is 3.15. The molecule has 2 heterocycles. The van der Waals surface area contributed by atoms with E-state index >= 15 is 0 Å². The summed E-state index contributed by atoms with van der Waals surface area (Å²) in [6.07, 6.45) is 1.30. The average Bonchev–Trinajstić information content (AvgIpc) is 2.97. The van der Waals surface area contributed by atoms with Crippen LogP contribution in [0, 0.1) is 6.92 Å². The maximum Gasteiger partial charge on any atom is 0.123 e. The minimum Gasteiger partial charge on any atom is -0.488 e. The Morgan fingerprint density at radius 1 is 1.39 bits per heavy atom. The van der Waals surface area contributed by atoms with E-state index < -0.39 is 0 Å². The number of thiophene rings is 1. The van der Waals surface area contributed by atoms with Gasteiger partial charge in [0.15, 0.2) is 0 Å². The predicted molar refractivity (Wildman–Crippen MR) is 75.3 cm³/mol. The van der Waals surface area contributed by atoms with Crippen molar-refractivity contribution < 1.29 is 4.74 Å². The lowest BCUT2D eigenvalue weighted by Gasteiger charge is -2.11. The Morgan fingerprint density at radius 2 is 2.33 bits per heavy atom. The largest absolute Gasteiger partial charge is 0.488 e. The van der Waals surface area contributed by atoms with Gasteiger partial charge in [0.25, 0.3) is 0 Å². The molecule has 0 spiro atoms. The van der Waals surface area contributed by atoms with Crippen LogP contribution in [-0.2, 0) is 13.0 Å². The van der Waals surface area contributed by atoms with Gasteiger partial charge in [0.2, 0.25) is 0 Å². The fourth-order valence-corrected chi connectivity index (χ4v) is 3.00. The topological polar surface area (TPSA) is 21.3 Å². The SMILES string of the molecule is Cc1ccc2c(c1)CC(CNCc1ccsc1)O2. The van der Waals surface area contributed by atoms with Gasteiger partial charge in [-0.2, -0.15) is 11.3 Å². The molecular weight excluding hydrogens is 242 g/mol. The molecule has 0 radical (unpaired) electrons. The van der Waals surface area contributed by atoms with Gasteiger partial charge in [-0.3, -0.25) is 0 Å². The van der Waals surface area contributed by atoms with Crippen LogP contribution >= 0.6 is 11.3 Å². The Hall–Kier alpha value is -1.32. The van der Waals surface area contributed by atoms with Crippen LogP contribution in [0.25, 0.3) is 0 Å². The quantitative estimate of drug-likeness (QED) is 0.910. The summed E-state index contributed by atoms with van der Waals surface area (Å²) >= 11 is 1.74. The van der Waals surface area contributed by atoms with Crippen molar-refractivity contribution in [1.82, 2.24) is 5.32 Å². The summed E-state index contributed by atoms with van der Waals surface area (Å²) in [7, 11) is 0. The van der Waals surface area contributed by atoms with E-state index in [0.29, 0.717) is 0 Å². The summed E-state index contributed by atoms with van der Waals surface area (Å²) < 4.78 is 5.92. The van der Waals surface area contributed by atoms with Crippen LogP contribution in [0.2, 0.25) is 0 Å². The normalized spacial score (nSPS) is 17.5. The molecule has 0 saturated heterocycles. The zero-order chi connectivity index (χ0) is 12.4. The zero-order valence-electron chi connectivity index (χ0n) is 10.5. The van der Waals surface area contributed by atoms with Crippen LogP contribution in [0.5, 0.6) is 5.75 Å². The second-order valence-electron chi connectivity index (χ2n) is 4.82. The summed E-state index contributed by atoms with van der Waals surface area (Å²) in [5.41, 5.74) is 4.01. The molecule has 1 aromatic heterocycles. The molecule has 3 heteroatoms. The van der Waals surface area contributed by atoms with E-state index in [9.17, 15) is 0 Å². The first kappa shape index (κ1) is 11.8. The summed E-state index contributed by atoms with van der Waals surface area (Å²) in [5.74, 6) is 1.06. The molecule has 0 saturated carbocycles. The van der Waals surface area contributed by atoms with Crippen LogP contribution in [0.15, 0.2) is 35.0 Å². The third-order valence-electron chi connectivity index (χ3n) is 3.24. The van der Waals surface area contributed by atoms with Crippen molar-refractivity contribution in [2.75, 3.05) is 6.54 Å². The van der Waals surface area contributed by atoms with Gasteiger partial charge < -0.3 is 10.1 Å². The Morgan fingerprint density at radius 3 is 3.17 bits per heavy atom. The van der Waals surface area contributed by atoms with E-state index in [-0.39, 0.29) is 6.10 Å². The highest BCUT2D eigenvalue weighted by Gasteiger charge is 2.22. The standard InChI is InChI=1S/C15H17NOS/c1-11-2-3-15-13(6-11)7-14(17-15)9-16-8-12-4-5-18-10-12/h2-6,10,14,16H,7-9H2,1H3. The van der Waals surface area contributed by atoms with Gasteiger partial charge in [-0.25, -0.2) is 0 Å². The average molecular weight is 259 g/mol. The highest BCUT2D eigenvalue weighted by molar-refractivity contribution is 7.07. The number of hydrogen-bond acceptors (Lipinski definition) is 3. The highest BCUT2D eigenvalue weighted by Crippen LogP contribution is 2.29. The van der Waals surface area contributed by atoms with Crippen LogP contribution in [-0.4, -0.2) is 12.6 Å². The van der Waals surface area contributed by atoms with Gasteiger partial charge in [0.1, 0.15) is 11.9 Å². The minimum atomic E-state index is 0.278.